The first-order chi connectivity index (χ1) is 9.26. The predicted octanol–water partition coefficient (Wildman–Crippen LogP) is 2.33. The molecular formula is C15H20N2O2. The number of rotatable bonds is 7. The van der Waals surface area contributed by atoms with Gasteiger partial charge in [0.15, 0.2) is 0 Å². The van der Waals surface area contributed by atoms with Gasteiger partial charge in [-0.25, -0.2) is 4.98 Å². The van der Waals surface area contributed by atoms with Crippen molar-refractivity contribution in [3.8, 4) is 0 Å². The Morgan fingerprint density at radius 2 is 2.16 bits per heavy atom. The molecule has 0 saturated heterocycles. The lowest BCUT2D eigenvalue weighted by Crippen LogP contribution is -2.10. The molecule has 1 N–H and O–H groups in total. The summed E-state index contributed by atoms with van der Waals surface area (Å²) in [5.74, 6) is 0.979. The third-order valence-electron chi connectivity index (χ3n) is 3.15. The van der Waals surface area contributed by atoms with Crippen LogP contribution in [-0.4, -0.2) is 27.0 Å². The van der Waals surface area contributed by atoms with E-state index in [1.807, 2.05) is 24.3 Å². The average molecular weight is 260 g/mol. The van der Waals surface area contributed by atoms with Gasteiger partial charge in [0.05, 0.1) is 17.5 Å². The number of Topliss-reactive ketones (excluding diaryl/α,β-unsaturated/α-hetero) is 1. The van der Waals surface area contributed by atoms with Gasteiger partial charge in [-0.15, -0.1) is 0 Å². The monoisotopic (exact) mass is 260 g/mol. The Labute approximate surface area is 113 Å². The van der Waals surface area contributed by atoms with Crippen LogP contribution in [0.25, 0.3) is 11.0 Å². The fraction of sp³-hybridized carbons (Fsp3) is 0.467. The zero-order valence-electron chi connectivity index (χ0n) is 11.3. The molecule has 4 heteroatoms. The van der Waals surface area contributed by atoms with E-state index in [0.717, 1.165) is 29.8 Å². The van der Waals surface area contributed by atoms with E-state index in [2.05, 4.69) is 16.5 Å². The standard InChI is InChI=1S/C15H20N2O2/c1-2-9-17-14-8-4-3-7-13(14)16-15(17)11-12(19)6-5-10-18/h3-4,7-8,18H,2,5-6,9-11H2,1H3. The van der Waals surface area contributed by atoms with Crippen molar-refractivity contribution in [2.75, 3.05) is 6.61 Å². The average Bonchev–Trinajstić information content (AvgIpc) is 2.75. The van der Waals surface area contributed by atoms with Gasteiger partial charge in [-0.05, 0) is 25.0 Å². The van der Waals surface area contributed by atoms with E-state index in [1.165, 1.54) is 0 Å². The number of aliphatic hydroxyl groups excluding tert-OH is 1. The van der Waals surface area contributed by atoms with Crippen molar-refractivity contribution in [1.29, 1.82) is 0 Å². The largest absolute Gasteiger partial charge is 0.396 e. The van der Waals surface area contributed by atoms with Crippen LogP contribution in [0.4, 0.5) is 0 Å². The minimum atomic E-state index is 0.0666. The van der Waals surface area contributed by atoms with E-state index in [1.54, 1.807) is 0 Å². The summed E-state index contributed by atoms with van der Waals surface area (Å²) in [4.78, 5) is 16.4. The highest BCUT2D eigenvalue weighted by Gasteiger charge is 2.13. The molecule has 0 aliphatic heterocycles. The quantitative estimate of drug-likeness (QED) is 0.831. The van der Waals surface area contributed by atoms with Crippen molar-refractivity contribution < 1.29 is 9.90 Å². The van der Waals surface area contributed by atoms with E-state index in [0.29, 0.717) is 19.3 Å². The molecule has 0 unspecified atom stereocenters. The fourth-order valence-corrected chi connectivity index (χ4v) is 2.27. The zero-order valence-corrected chi connectivity index (χ0v) is 11.3. The molecule has 0 bridgehead atoms. The van der Waals surface area contributed by atoms with Gasteiger partial charge in [0.25, 0.3) is 0 Å². The van der Waals surface area contributed by atoms with E-state index in [-0.39, 0.29) is 12.4 Å². The van der Waals surface area contributed by atoms with Crippen molar-refractivity contribution in [3.05, 3.63) is 30.1 Å². The molecule has 0 saturated carbocycles. The molecule has 0 aliphatic rings. The summed E-state index contributed by atoms with van der Waals surface area (Å²) in [6.07, 6.45) is 2.32. The Kier molecular flexibility index (Phi) is 4.68. The summed E-state index contributed by atoms with van der Waals surface area (Å²) in [5, 5.41) is 8.76. The third-order valence-corrected chi connectivity index (χ3v) is 3.15. The van der Waals surface area contributed by atoms with Crippen molar-refractivity contribution in [2.45, 2.75) is 39.2 Å². The number of nitrogens with zero attached hydrogens (tertiary/aromatic N) is 2. The van der Waals surface area contributed by atoms with Crippen LogP contribution in [0.3, 0.4) is 0 Å². The van der Waals surface area contributed by atoms with Gasteiger partial charge in [-0.3, -0.25) is 4.79 Å². The molecule has 0 aliphatic carbocycles. The predicted molar refractivity (Wildman–Crippen MR) is 75.1 cm³/mol. The first-order valence-corrected chi connectivity index (χ1v) is 6.83. The summed E-state index contributed by atoms with van der Waals surface area (Å²) in [5.41, 5.74) is 2.04. The lowest BCUT2D eigenvalue weighted by Gasteiger charge is -2.07. The molecule has 19 heavy (non-hydrogen) atoms. The Hall–Kier alpha value is -1.68. The number of ketones is 1. The topological polar surface area (TPSA) is 55.1 Å². The molecule has 1 aromatic carbocycles. The van der Waals surface area contributed by atoms with Crippen molar-refractivity contribution in [3.63, 3.8) is 0 Å². The number of fused-ring (bicyclic) bond motifs is 1. The van der Waals surface area contributed by atoms with Crippen LogP contribution in [0.5, 0.6) is 0 Å². The number of imidazole rings is 1. The number of aryl methyl sites for hydroxylation is 1. The molecule has 0 atom stereocenters. The van der Waals surface area contributed by atoms with Gasteiger partial charge in [0.1, 0.15) is 11.6 Å². The van der Waals surface area contributed by atoms with Crippen LogP contribution >= 0.6 is 0 Å². The molecule has 0 fully saturated rings. The van der Waals surface area contributed by atoms with E-state index in [9.17, 15) is 4.79 Å². The molecule has 102 valence electrons. The first-order valence-electron chi connectivity index (χ1n) is 6.83. The van der Waals surface area contributed by atoms with E-state index in [4.69, 9.17) is 5.11 Å². The maximum Gasteiger partial charge on any atom is 0.140 e. The maximum atomic E-state index is 11.8. The number of aliphatic hydroxyl groups is 1. The second kappa shape index (κ2) is 6.48. The molecule has 0 amide bonds. The Morgan fingerprint density at radius 3 is 2.89 bits per heavy atom. The van der Waals surface area contributed by atoms with Crippen LogP contribution in [0, 0.1) is 0 Å². The number of carbonyl (C=O) groups is 1. The number of benzene rings is 1. The molecular weight excluding hydrogens is 240 g/mol. The van der Waals surface area contributed by atoms with Gasteiger partial charge in [0.2, 0.25) is 0 Å². The summed E-state index contributed by atoms with van der Waals surface area (Å²) in [7, 11) is 0. The maximum absolute atomic E-state index is 11.8. The molecule has 2 aromatic rings. The minimum absolute atomic E-state index is 0.0666. The highest BCUT2D eigenvalue weighted by Crippen LogP contribution is 2.17. The van der Waals surface area contributed by atoms with Gasteiger partial charge in [0, 0.05) is 19.6 Å². The molecule has 1 aromatic heterocycles. The highest BCUT2D eigenvalue weighted by molar-refractivity contribution is 5.82. The zero-order chi connectivity index (χ0) is 13.7. The van der Waals surface area contributed by atoms with Gasteiger partial charge < -0.3 is 9.67 Å². The summed E-state index contributed by atoms with van der Waals surface area (Å²) < 4.78 is 2.13. The number of aromatic nitrogens is 2. The summed E-state index contributed by atoms with van der Waals surface area (Å²) >= 11 is 0. The second-order valence-electron chi connectivity index (χ2n) is 4.71. The van der Waals surface area contributed by atoms with Crippen molar-refractivity contribution in [2.24, 2.45) is 0 Å². The molecule has 2 rings (SSSR count). The second-order valence-corrected chi connectivity index (χ2v) is 4.71. The molecule has 1 heterocycles. The van der Waals surface area contributed by atoms with E-state index < -0.39 is 0 Å². The Balaban J connectivity index is 2.26. The Morgan fingerprint density at radius 1 is 1.37 bits per heavy atom. The number of hydrogen-bond acceptors (Lipinski definition) is 3. The minimum Gasteiger partial charge on any atom is -0.396 e. The van der Waals surface area contributed by atoms with Gasteiger partial charge in [-0.2, -0.15) is 0 Å². The SMILES string of the molecule is CCCn1c(CC(=O)CCCO)nc2ccccc21. The Bertz CT molecular complexity index is 560. The van der Waals surface area contributed by atoms with Crippen molar-refractivity contribution >= 4 is 16.8 Å². The lowest BCUT2D eigenvalue weighted by atomic mass is 10.1. The third kappa shape index (κ3) is 3.20. The lowest BCUT2D eigenvalue weighted by molar-refractivity contribution is -0.118. The van der Waals surface area contributed by atoms with E-state index >= 15 is 0 Å². The number of carbonyl (C=O) groups excluding carboxylic acids is 1. The first kappa shape index (κ1) is 13.7. The number of para-hydroxylation sites is 2. The van der Waals surface area contributed by atoms with Crippen LogP contribution in [-0.2, 0) is 17.8 Å². The summed E-state index contributed by atoms with van der Waals surface area (Å²) in [6.45, 7) is 3.06. The fourth-order valence-electron chi connectivity index (χ4n) is 2.27. The van der Waals surface area contributed by atoms with Crippen LogP contribution in [0.1, 0.15) is 32.0 Å². The molecule has 4 nitrogen and oxygen atoms in total. The van der Waals surface area contributed by atoms with Crippen LogP contribution in [0.2, 0.25) is 0 Å². The number of hydrogen-bond donors (Lipinski definition) is 1. The summed E-state index contributed by atoms with van der Waals surface area (Å²) in [6, 6.07) is 7.97. The van der Waals surface area contributed by atoms with Gasteiger partial charge >= 0.3 is 0 Å². The normalized spacial score (nSPS) is 11.1. The van der Waals surface area contributed by atoms with Crippen LogP contribution in [0.15, 0.2) is 24.3 Å². The van der Waals surface area contributed by atoms with Gasteiger partial charge in [-0.1, -0.05) is 19.1 Å². The van der Waals surface area contributed by atoms with Crippen molar-refractivity contribution in [1.82, 2.24) is 9.55 Å². The molecule has 0 radical (unpaired) electrons. The highest BCUT2D eigenvalue weighted by atomic mass is 16.3. The van der Waals surface area contributed by atoms with Crippen LogP contribution < -0.4 is 0 Å². The smallest absolute Gasteiger partial charge is 0.140 e. The molecule has 0 spiro atoms.